The highest BCUT2D eigenvalue weighted by Crippen LogP contribution is 2.10. The second kappa shape index (κ2) is 5.47. The van der Waals surface area contributed by atoms with Crippen LogP contribution in [-0.4, -0.2) is 32.2 Å². The summed E-state index contributed by atoms with van der Waals surface area (Å²) in [7, 11) is 0. The normalized spacial score (nSPS) is 10.4. The van der Waals surface area contributed by atoms with Gasteiger partial charge < -0.3 is 11.1 Å². The lowest BCUT2D eigenvalue weighted by Gasteiger charge is -2.07. The molecule has 2 rings (SSSR count). The van der Waals surface area contributed by atoms with Crippen molar-refractivity contribution in [3.8, 4) is 5.82 Å². The Morgan fingerprint density at radius 1 is 1.47 bits per heavy atom. The number of carbonyl (C=O) groups excluding carboxylic acids is 1. The van der Waals surface area contributed by atoms with E-state index in [4.69, 9.17) is 5.73 Å². The van der Waals surface area contributed by atoms with Gasteiger partial charge in [-0.3, -0.25) is 4.79 Å². The number of nitrogens with two attached hydrogens (primary N) is 1. The molecule has 0 saturated heterocycles. The average Bonchev–Trinajstić information content (AvgIpc) is 2.85. The van der Waals surface area contributed by atoms with Gasteiger partial charge in [0.2, 0.25) is 5.95 Å². The fraction of sp³-hybridized carbons (Fsp3) is 0.333. The Labute approximate surface area is 110 Å². The topological polar surface area (TPSA) is 98.7 Å². The third-order valence-electron chi connectivity index (χ3n) is 2.48. The van der Waals surface area contributed by atoms with Gasteiger partial charge in [-0.1, -0.05) is 6.92 Å². The van der Waals surface area contributed by atoms with Crippen molar-refractivity contribution in [1.82, 2.24) is 19.7 Å². The van der Waals surface area contributed by atoms with Crippen molar-refractivity contribution >= 4 is 11.9 Å². The molecule has 0 radical (unpaired) electrons. The summed E-state index contributed by atoms with van der Waals surface area (Å²) < 4.78 is 1.51. The molecule has 19 heavy (non-hydrogen) atoms. The molecule has 0 aliphatic heterocycles. The van der Waals surface area contributed by atoms with E-state index in [1.165, 1.54) is 10.9 Å². The number of hydrogen-bond donors (Lipinski definition) is 2. The van der Waals surface area contributed by atoms with Crippen molar-refractivity contribution in [2.24, 2.45) is 5.73 Å². The van der Waals surface area contributed by atoms with Crippen LogP contribution in [0, 0.1) is 6.92 Å². The summed E-state index contributed by atoms with van der Waals surface area (Å²) in [6, 6.07) is 1.79. The van der Waals surface area contributed by atoms with E-state index >= 15 is 0 Å². The maximum absolute atomic E-state index is 11.0. The molecule has 3 N–H and O–H groups in total. The molecular weight excluding hydrogens is 244 g/mol. The molecular formula is C12H16N6O. The predicted molar refractivity (Wildman–Crippen MR) is 71.2 cm³/mol. The van der Waals surface area contributed by atoms with Crippen molar-refractivity contribution in [2.75, 3.05) is 11.9 Å². The van der Waals surface area contributed by atoms with Crippen LogP contribution >= 0.6 is 0 Å². The lowest BCUT2D eigenvalue weighted by Crippen LogP contribution is -2.10. The Hall–Kier alpha value is -2.44. The third kappa shape index (κ3) is 3.06. The van der Waals surface area contributed by atoms with Crippen molar-refractivity contribution in [3.63, 3.8) is 0 Å². The first kappa shape index (κ1) is 13.0. The lowest BCUT2D eigenvalue weighted by atomic mass is 10.3. The Kier molecular flexibility index (Phi) is 3.74. The number of amides is 1. The van der Waals surface area contributed by atoms with Gasteiger partial charge in [-0.05, 0) is 13.3 Å². The molecule has 0 aliphatic rings. The first-order chi connectivity index (χ1) is 9.10. The van der Waals surface area contributed by atoms with Crippen molar-refractivity contribution < 1.29 is 4.79 Å². The molecule has 2 aromatic heterocycles. The number of aryl methyl sites for hydroxylation is 1. The van der Waals surface area contributed by atoms with Gasteiger partial charge in [0.1, 0.15) is 0 Å². The number of carbonyl (C=O) groups is 1. The molecule has 0 bridgehead atoms. The van der Waals surface area contributed by atoms with Crippen molar-refractivity contribution in [2.45, 2.75) is 20.3 Å². The van der Waals surface area contributed by atoms with E-state index in [0.29, 0.717) is 17.3 Å². The van der Waals surface area contributed by atoms with Crippen LogP contribution in [0.1, 0.15) is 29.4 Å². The molecule has 2 heterocycles. The van der Waals surface area contributed by atoms with Gasteiger partial charge in [-0.25, -0.2) is 9.67 Å². The monoisotopic (exact) mass is 260 g/mol. The van der Waals surface area contributed by atoms with E-state index < -0.39 is 5.91 Å². The summed E-state index contributed by atoms with van der Waals surface area (Å²) in [4.78, 5) is 19.7. The summed E-state index contributed by atoms with van der Waals surface area (Å²) >= 11 is 0. The number of nitrogens with one attached hydrogen (secondary N) is 1. The summed E-state index contributed by atoms with van der Waals surface area (Å²) in [6.07, 6.45) is 3.95. The van der Waals surface area contributed by atoms with Crippen LogP contribution in [0.4, 0.5) is 5.95 Å². The fourth-order valence-electron chi connectivity index (χ4n) is 1.56. The molecule has 0 unspecified atom stereocenters. The number of aromatic nitrogens is 4. The quantitative estimate of drug-likeness (QED) is 0.831. The second-order valence-electron chi connectivity index (χ2n) is 4.16. The minimum absolute atomic E-state index is 0.347. The smallest absolute Gasteiger partial charge is 0.251 e. The van der Waals surface area contributed by atoms with Crippen LogP contribution in [0.15, 0.2) is 18.5 Å². The first-order valence-corrected chi connectivity index (χ1v) is 6.04. The van der Waals surface area contributed by atoms with Crippen LogP contribution in [0.2, 0.25) is 0 Å². The number of hydrogen-bond acceptors (Lipinski definition) is 5. The Bertz CT molecular complexity index is 592. The van der Waals surface area contributed by atoms with Gasteiger partial charge in [0, 0.05) is 24.5 Å². The second-order valence-corrected chi connectivity index (χ2v) is 4.16. The Morgan fingerprint density at radius 3 is 2.89 bits per heavy atom. The summed E-state index contributed by atoms with van der Waals surface area (Å²) in [5, 5.41) is 7.19. The van der Waals surface area contributed by atoms with Gasteiger partial charge in [-0.2, -0.15) is 10.1 Å². The largest absolute Gasteiger partial charge is 0.366 e. The van der Waals surface area contributed by atoms with Crippen LogP contribution in [-0.2, 0) is 0 Å². The maximum atomic E-state index is 11.0. The number of rotatable bonds is 5. The highest BCUT2D eigenvalue weighted by molar-refractivity contribution is 5.92. The molecule has 0 aliphatic carbocycles. The SMILES string of the molecule is CCCNc1nc(C)cc(-n2cc(C(N)=O)cn2)n1. The predicted octanol–water partition coefficient (Wildman–Crippen LogP) is 0.892. The number of primary amides is 1. The van der Waals surface area contributed by atoms with Crippen LogP contribution in [0.3, 0.4) is 0 Å². The molecule has 2 aromatic rings. The fourth-order valence-corrected chi connectivity index (χ4v) is 1.56. The molecule has 1 amide bonds. The highest BCUT2D eigenvalue weighted by atomic mass is 16.1. The zero-order chi connectivity index (χ0) is 13.8. The molecule has 100 valence electrons. The van der Waals surface area contributed by atoms with E-state index in [-0.39, 0.29) is 0 Å². The van der Waals surface area contributed by atoms with E-state index in [9.17, 15) is 4.79 Å². The van der Waals surface area contributed by atoms with Gasteiger partial charge in [-0.15, -0.1) is 0 Å². The summed E-state index contributed by atoms with van der Waals surface area (Å²) in [6.45, 7) is 4.74. The van der Waals surface area contributed by atoms with Crippen molar-refractivity contribution in [1.29, 1.82) is 0 Å². The summed E-state index contributed by atoms with van der Waals surface area (Å²) in [5.41, 5.74) is 6.36. The highest BCUT2D eigenvalue weighted by Gasteiger charge is 2.08. The van der Waals surface area contributed by atoms with Crippen LogP contribution in [0.25, 0.3) is 5.82 Å². The Morgan fingerprint density at radius 2 is 2.26 bits per heavy atom. The average molecular weight is 260 g/mol. The summed E-state index contributed by atoms with van der Waals surface area (Å²) in [5.74, 6) is 0.632. The molecule has 0 fully saturated rings. The van der Waals surface area contributed by atoms with Gasteiger partial charge >= 0.3 is 0 Å². The van der Waals surface area contributed by atoms with E-state index in [1.807, 2.05) is 6.92 Å². The first-order valence-electron chi connectivity index (χ1n) is 6.04. The van der Waals surface area contributed by atoms with Gasteiger partial charge in [0.15, 0.2) is 5.82 Å². The molecule has 7 heteroatoms. The molecule has 0 spiro atoms. The third-order valence-corrected chi connectivity index (χ3v) is 2.48. The van der Waals surface area contributed by atoms with Gasteiger partial charge in [0.25, 0.3) is 5.91 Å². The lowest BCUT2D eigenvalue weighted by molar-refractivity contribution is 0.100. The zero-order valence-electron chi connectivity index (χ0n) is 10.9. The van der Waals surface area contributed by atoms with Crippen LogP contribution < -0.4 is 11.1 Å². The zero-order valence-corrected chi connectivity index (χ0v) is 10.9. The van der Waals surface area contributed by atoms with E-state index in [2.05, 4.69) is 27.3 Å². The van der Waals surface area contributed by atoms with Crippen molar-refractivity contribution in [3.05, 3.63) is 29.7 Å². The number of anilines is 1. The molecule has 0 atom stereocenters. The molecule has 7 nitrogen and oxygen atoms in total. The standard InChI is InChI=1S/C12H16N6O/c1-3-4-14-12-16-8(2)5-10(17-12)18-7-9(6-15-18)11(13)19/h5-7H,3-4H2,1-2H3,(H2,13,19)(H,14,16,17). The van der Waals surface area contributed by atoms with Gasteiger partial charge in [0.05, 0.1) is 11.8 Å². The minimum Gasteiger partial charge on any atom is -0.366 e. The Balaban J connectivity index is 2.32. The minimum atomic E-state index is -0.513. The van der Waals surface area contributed by atoms with E-state index in [0.717, 1.165) is 18.7 Å². The molecule has 0 aromatic carbocycles. The number of nitrogens with zero attached hydrogens (tertiary/aromatic N) is 4. The van der Waals surface area contributed by atoms with E-state index in [1.54, 1.807) is 12.3 Å². The van der Waals surface area contributed by atoms with Crippen LogP contribution in [0.5, 0.6) is 0 Å². The maximum Gasteiger partial charge on any atom is 0.251 e. The molecule has 0 saturated carbocycles.